The van der Waals surface area contributed by atoms with E-state index in [1.165, 1.54) is 110 Å². The molecule has 0 radical (unpaired) electrons. The summed E-state index contributed by atoms with van der Waals surface area (Å²) in [7, 11) is 0. The third kappa shape index (κ3) is 4.92. The Bertz CT molecular complexity index is 3160. The molecule has 0 unspecified atom stereocenters. The predicted molar refractivity (Wildman–Crippen MR) is 233 cm³/mol. The zero-order chi connectivity index (χ0) is 37.7. The molecule has 1 aliphatic rings. The maximum Gasteiger partial charge on any atom is 0.0645 e. The summed E-state index contributed by atoms with van der Waals surface area (Å²) < 4.78 is 4.85. The lowest BCUT2D eigenvalue weighted by Gasteiger charge is -2.23. The van der Waals surface area contributed by atoms with Crippen molar-refractivity contribution >= 4 is 43.6 Å². The van der Waals surface area contributed by atoms with Crippen LogP contribution >= 0.6 is 0 Å². The standard InChI is InChI=1S/C52H40N4/c1-31-9-11-33(3)43(23-31)35-15-20-50-46(25-35)42-18-17-40-41(52(42)56(50)39-8-6-22-54-30-39)16-13-37-27-48-47-26-36(44-24-32(2)10-12-34(44)4)14-19-49(47)55(51(48)28-45(37)40)38-7-5-21-53-29-38/h5-12,14-15,17-30H,13,16H2,1-4H3. The van der Waals surface area contributed by atoms with Gasteiger partial charge in [-0.25, -0.2) is 0 Å². The molecule has 0 fully saturated rings. The van der Waals surface area contributed by atoms with Gasteiger partial charge >= 0.3 is 0 Å². The van der Waals surface area contributed by atoms with Crippen LogP contribution in [0.4, 0.5) is 0 Å². The summed E-state index contributed by atoms with van der Waals surface area (Å²) in [6.45, 7) is 8.77. The highest BCUT2D eigenvalue weighted by Crippen LogP contribution is 2.46. The van der Waals surface area contributed by atoms with Gasteiger partial charge in [0.15, 0.2) is 0 Å². The number of pyridine rings is 2. The van der Waals surface area contributed by atoms with Crippen LogP contribution in [-0.2, 0) is 12.8 Å². The summed E-state index contributed by atoms with van der Waals surface area (Å²) in [6, 6.07) is 45.6. The smallest absolute Gasteiger partial charge is 0.0645 e. The van der Waals surface area contributed by atoms with Crippen molar-refractivity contribution in [3.63, 3.8) is 0 Å². The van der Waals surface area contributed by atoms with Crippen LogP contribution in [0, 0.1) is 27.7 Å². The maximum atomic E-state index is 4.59. The average molecular weight is 721 g/mol. The van der Waals surface area contributed by atoms with E-state index in [0.29, 0.717) is 0 Å². The van der Waals surface area contributed by atoms with Gasteiger partial charge in [-0.05, 0) is 157 Å². The van der Waals surface area contributed by atoms with E-state index in [-0.39, 0.29) is 0 Å². The van der Waals surface area contributed by atoms with Crippen molar-refractivity contribution in [1.82, 2.24) is 19.1 Å². The van der Waals surface area contributed by atoms with Gasteiger partial charge < -0.3 is 9.13 Å². The fourth-order valence-corrected chi connectivity index (χ4v) is 9.46. The SMILES string of the molecule is Cc1ccc(C)c(-c2ccc3c(c2)c2cc4c(cc2n3-c2cccnc2)-c2ccc3c5cc(-c6cc(C)ccc6C)ccc5n(-c5cccnc5)c3c2CC4)c1. The maximum absolute atomic E-state index is 4.59. The third-order valence-corrected chi connectivity index (χ3v) is 12.2. The van der Waals surface area contributed by atoms with Crippen molar-refractivity contribution in [3.8, 4) is 44.8 Å². The molecule has 0 saturated heterocycles. The Morgan fingerprint density at radius 1 is 0.446 bits per heavy atom. The van der Waals surface area contributed by atoms with E-state index in [9.17, 15) is 0 Å². The van der Waals surface area contributed by atoms with Gasteiger partial charge in [0, 0.05) is 33.9 Å². The van der Waals surface area contributed by atoms with Gasteiger partial charge in [-0.2, -0.15) is 0 Å². The molecule has 10 aromatic rings. The quantitative estimate of drug-likeness (QED) is 0.181. The fourth-order valence-electron chi connectivity index (χ4n) is 9.46. The normalized spacial score (nSPS) is 12.5. The van der Waals surface area contributed by atoms with Crippen molar-refractivity contribution in [3.05, 3.63) is 179 Å². The fraction of sp³-hybridized carbons (Fsp3) is 0.115. The van der Waals surface area contributed by atoms with Gasteiger partial charge in [0.05, 0.1) is 45.8 Å². The number of aromatic nitrogens is 4. The van der Waals surface area contributed by atoms with Gasteiger partial charge in [-0.15, -0.1) is 0 Å². The highest BCUT2D eigenvalue weighted by molar-refractivity contribution is 6.15. The lowest BCUT2D eigenvalue weighted by atomic mass is 9.83. The number of rotatable bonds is 4. The van der Waals surface area contributed by atoms with Gasteiger partial charge in [0.2, 0.25) is 0 Å². The Morgan fingerprint density at radius 2 is 1.04 bits per heavy atom. The first-order valence-electron chi connectivity index (χ1n) is 19.6. The topological polar surface area (TPSA) is 35.6 Å². The largest absolute Gasteiger partial charge is 0.308 e. The first kappa shape index (κ1) is 32.6. The summed E-state index contributed by atoms with van der Waals surface area (Å²) in [5.41, 5.74) is 22.6. The first-order valence-corrected chi connectivity index (χ1v) is 19.6. The van der Waals surface area contributed by atoms with E-state index in [1.807, 2.05) is 36.9 Å². The Balaban J connectivity index is 1.17. The minimum atomic E-state index is 0.959. The number of benzene rings is 6. The number of nitrogens with zero attached hydrogens (tertiary/aromatic N) is 4. The van der Waals surface area contributed by atoms with E-state index in [2.05, 4.69) is 156 Å². The van der Waals surface area contributed by atoms with Crippen LogP contribution in [-0.4, -0.2) is 19.1 Å². The molecule has 1 aliphatic carbocycles. The van der Waals surface area contributed by atoms with Crippen molar-refractivity contribution in [1.29, 1.82) is 0 Å². The Morgan fingerprint density at radius 3 is 1.66 bits per heavy atom. The minimum absolute atomic E-state index is 0.959. The van der Waals surface area contributed by atoms with Crippen LogP contribution in [0.1, 0.15) is 33.4 Å². The number of hydrogen-bond acceptors (Lipinski definition) is 2. The van der Waals surface area contributed by atoms with Crippen molar-refractivity contribution < 1.29 is 0 Å². The molecule has 0 aliphatic heterocycles. The van der Waals surface area contributed by atoms with Crippen LogP contribution in [0.3, 0.4) is 0 Å². The van der Waals surface area contributed by atoms with Crippen LogP contribution in [0.2, 0.25) is 0 Å². The summed E-state index contributed by atoms with van der Waals surface area (Å²) >= 11 is 0. The van der Waals surface area contributed by atoms with Crippen LogP contribution in [0.25, 0.3) is 88.4 Å². The highest BCUT2D eigenvalue weighted by atomic mass is 15.0. The molecule has 0 bridgehead atoms. The molecule has 6 aromatic carbocycles. The van der Waals surface area contributed by atoms with E-state index < -0.39 is 0 Å². The monoisotopic (exact) mass is 720 g/mol. The van der Waals surface area contributed by atoms with E-state index >= 15 is 0 Å². The molecule has 4 nitrogen and oxygen atoms in total. The van der Waals surface area contributed by atoms with E-state index in [0.717, 1.165) is 24.2 Å². The van der Waals surface area contributed by atoms with Crippen molar-refractivity contribution in [2.24, 2.45) is 0 Å². The molecule has 268 valence electrons. The molecule has 0 N–H and O–H groups in total. The van der Waals surface area contributed by atoms with E-state index in [4.69, 9.17) is 0 Å². The van der Waals surface area contributed by atoms with E-state index in [1.54, 1.807) is 0 Å². The molecule has 56 heavy (non-hydrogen) atoms. The molecule has 4 aromatic heterocycles. The van der Waals surface area contributed by atoms with Crippen LogP contribution < -0.4 is 0 Å². The molecule has 4 heterocycles. The highest BCUT2D eigenvalue weighted by Gasteiger charge is 2.26. The summed E-state index contributed by atoms with van der Waals surface area (Å²) in [5.74, 6) is 0. The van der Waals surface area contributed by atoms with Crippen molar-refractivity contribution in [2.45, 2.75) is 40.5 Å². The summed E-state index contributed by atoms with van der Waals surface area (Å²) in [5, 5.41) is 5.09. The molecule has 0 saturated carbocycles. The third-order valence-electron chi connectivity index (χ3n) is 12.2. The second-order valence-electron chi connectivity index (χ2n) is 15.7. The molecule has 11 rings (SSSR count). The summed E-state index contributed by atoms with van der Waals surface area (Å²) in [6.07, 6.45) is 9.62. The van der Waals surface area contributed by atoms with Gasteiger partial charge in [0.1, 0.15) is 0 Å². The van der Waals surface area contributed by atoms with Crippen LogP contribution in [0.5, 0.6) is 0 Å². The molecule has 0 amide bonds. The van der Waals surface area contributed by atoms with Gasteiger partial charge in [0.25, 0.3) is 0 Å². The van der Waals surface area contributed by atoms with Gasteiger partial charge in [-0.1, -0.05) is 71.8 Å². The summed E-state index contributed by atoms with van der Waals surface area (Å²) in [4.78, 5) is 9.15. The van der Waals surface area contributed by atoms with Gasteiger partial charge in [-0.3, -0.25) is 9.97 Å². The Hall–Kier alpha value is -6.78. The predicted octanol–water partition coefficient (Wildman–Crippen LogP) is 13.0. The Kier molecular flexibility index (Phi) is 7.21. The van der Waals surface area contributed by atoms with Crippen molar-refractivity contribution in [2.75, 3.05) is 0 Å². The lowest BCUT2D eigenvalue weighted by molar-refractivity contribution is 0.944. The zero-order valence-electron chi connectivity index (χ0n) is 32.1. The number of fused-ring (bicyclic) bond motifs is 10. The molecular weight excluding hydrogens is 681 g/mol. The molecule has 4 heteroatoms. The molecule has 0 atom stereocenters. The van der Waals surface area contributed by atoms with Crippen LogP contribution in [0.15, 0.2) is 146 Å². The molecular formula is C52H40N4. The number of aryl methyl sites for hydroxylation is 6. The molecule has 0 spiro atoms. The number of hydrogen-bond donors (Lipinski definition) is 0. The lowest BCUT2D eigenvalue weighted by Crippen LogP contribution is -2.07. The minimum Gasteiger partial charge on any atom is -0.308 e. The second kappa shape index (κ2) is 12.4. The Labute approximate surface area is 326 Å². The zero-order valence-corrected chi connectivity index (χ0v) is 32.1. The first-order chi connectivity index (χ1) is 27.4. The second-order valence-corrected chi connectivity index (χ2v) is 15.7. The average Bonchev–Trinajstić information content (AvgIpc) is 3.74.